The third kappa shape index (κ3) is 4.17. The first-order chi connectivity index (χ1) is 16.5. The van der Waals surface area contributed by atoms with Gasteiger partial charge in [-0.3, -0.25) is 9.20 Å². The molecule has 1 saturated heterocycles. The number of nitrogens with two attached hydrogens (primary N) is 1. The molecule has 2 aromatic heterocycles. The number of rotatable bonds is 5. The first kappa shape index (κ1) is 21.8. The summed E-state index contributed by atoms with van der Waals surface area (Å²) in [5.41, 5.74) is 8.90. The van der Waals surface area contributed by atoms with Crippen molar-refractivity contribution in [3.8, 4) is 22.9 Å². The van der Waals surface area contributed by atoms with Gasteiger partial charge in [0.1, 0.15) is 29.7 Å². The number of aliphatic hydroxyl groups excluding tert-OH is 1. The van der Waals surface area contributed by atoms with Crippen LogP contribution >= 0.6 is 0 Å². The predicted molar refractivity (Wildman–Crippen MR) is 125 cm³/mol. The zero-order valence-electron chi connectivity index (χ0n) is 18.4. The minimum absolute atomic E-state index is 0.161. The minimum Gasteiger partial charge on any atom is -0.457 e. The summed E-state index contributed by atoms with van der Waals surface area (Å²) in [6.45, 7) is 0.689. The van der Waals surface area contributed by atoms with Crippen molar-refractivity contribution in [3.63, 3.8) is 0 Å². The Balaban J connectivity index is 1.44. The molecule has 8 nitrogen and oxygen atoms in total. The van der Waals surface area contributed by atoms with Gasteiger partial charge in [-0.05, 0) is 67.4 Å². The average Bonchev–Trinajstić information content (AvgIpc) is 3.26. The predicted octanol–water partition coefficient (Wildman–Crippen LogP) is 3.61. The van der Waals surface area contributed by atoms with Gasteiger partial charge in [0.25, 0.3) is 0 Å². The third-order valence-electron chi connectivity index (χ3n) is 6.14. The molecular formula is C25H24FN5O3. The molecule has 2 aromatic carbocycles. The van der Waals surface area contributed by atoms with Gasteiger partial charge in [-0.25, -0.2) is 14.4 Å². The summed E-state index contributed by atoms with van der Waals surface area (Å²) in [7, 11) is 0. The first-order valence-electron chi connectivity index (χ1n) is 11.1. The van der Waals surface area contributed by atoms with E-state index in [1.807, 2.05) is 34.7 Å². The largest absolute Gasteiger partial charge is 0.457 e. The Labute approximate surface area is 195 Å². The second-order valence-corrected chi connectivity index (χ2v) is 8.24. The number of likely N-dealkylation sites (tertiary alicyclic amines) is 1. The third-order valence-corrected chi connectivity index (χ3v) is 6.14. The number of nitrogen functional groups attached to an aromatic ring is 1. The van der Waals surface area contributed by atoms with Gasteiger partial charge in [0.15, 0.2) is 0 Å². The summed E-state index contributed by atoms with van der Waals surface area (Å²) in [4.78, 5) is 22.7. The molecule has 1 aliphatic heterocycles. The number of piperidine rings is 1. The molecule has 0 bridgehead atoms. The number of hydrogen-bond acceptors (Lipinski definition) is 6. The van der Waals surface area contributed by atoms with Crippen molar-refractivity contribution in [2.24, 2.45) is 0 Å². The zero-order chi connectivity index (χ0) is 23.7. The molecule has 1 amide bonds. The number of anilines is 1. The number of nitrogens with zero attached hydrogens (tertiary/aromatic N) is 4. The van der Waals surface area contributed by atoms with E-state index in [0.29, 0.717) is 36.4 Å². The molecule has 34 heavy (non-hydrogen) atoms. The second-order valence-electron chi connectivity index (χ2n) is 8.24. The van der Waals surface area contributed by atoms with Crippen LogP contribution in [0.15, 0.2) is 60.8 Å². The van der Waals surface area contributed by atoms with Crippen LogP contribution < -0.4 is 10.5 Å². The number of hydrogen-bond donors (Lipinski definition) is 2. The van der Waals surface area contributed by atoms with Crippen LogP contribution in [0.1, 0.15) is 24.5 Å². The maximum Gasteiger partial charge on any atom is 0.248 e. The molecule has 5 rings (SSSR count). The SMILES string of the molecule is Nc1nccc2c(C3CCN(C(=O)CO)CC3)nc(-c3ccc(Oc4ccc(F)cc4)cc3)n12. The molecule has 4 aromatic rings. The maximum atomic E-state index is 13.1. The summed E-state index contributed by atoms with van der Waals surface area (Å²) >= 11 is 0. The van der Waals surface area contributed by atoms with Crippen molar-refractivity contribution in [2.45, 2.75) is 18.8 Å². The van der Waals surface area contributed by atoms with E-state index in [0.717, 1.165) is 29.6 Å². The summed E-state index contributed by atoms with van der Waals surface area (Å²) in [6, 6.07) is 15.2. The second kappa shape index (κ2) is 9.11. The van der Waals surface area contributed by atoms with Crippen LogP contribution in [0.5, 0.6) is 11.5 Å². The Kier molecular flexibility index (Phi) is 5.85. The Morgan fingerprint density at radius 1 is 1.06 bits per heavy atom. The molecule has 174 valence electrons. The van der Waals surface area contributed by atoms with E-state index in [4.69, 9.17) is 20.6 Å². The lowest BCUT2D eigenvalue weighted by Crippen LogP contribution is -2.39. The summed E-state index contributed by atoms with van der Waals surface area (Å²) < 4.78 is 20.8. The molecule has 9 heteroatoms. The van der Waals surface area contributed by atoms with E-state index in [2.05, 4.69) is 4.98 Å². The molecule has 0 saturated carbocycles. The molecule has 1 aliphatic rings. The molecule has 0 unspecified atom stereocenters. The first-order valence-corrected chi connectivity index (χ1v) is 11.1. The molecule has 3 N–H and O–H groups in total. The lowest BCUT2D eigenvalue weighted by molar-refractivity contribution is -0.135. The van der Waals surface area contributed by atoms with Crippen LogP contribution in [0.3, 0.4) is 0 Å². The van der Waals surface area contributed by atoms with Gasteiger partial charge in [0.2, 0.25) is 11.9 Å². The van der Waals surface area contributed by atoms with E-state index in [9.17, 15) is 9.18 Å². The van der Waals surface area contributed by atoms with Crippen molar-refractivity contribution < 1.29 is 19.0 Å². The summed E-state index contributed by atoms with van der Waals surface area (Å²) in [6.07, 6.45) is 3.18. The summed E-state index contributed by atoms with van der Waals surface area (Å²) in [5.74, 6) is 1.77. The monoisotopic (exact) mass is 461 g/mol. The number of aromatic nitrogens is 3. The van der Waals surface area contributed by atoms with Gasteiger partial charge >= 0.3 is 0 Å². The number of imidazole rings is 1. The number of fused-ring (bicyclic) bond motifs is 1. The van der Waals surface area contributed by atoms with E-state index in [1.165, 1.54) is 12.1 Å². The van der Waals surface area contributed by atoms with Gasteiger partial charge in [-0.1, -0.05) is 0 Å². The van der Waals surface area contributed by atoms with Crippen LogP contribution in [0.4, 0.5) is 10.3 Å². The topological polar surface area (TPSA) is 106 Å². The van der Waals surface area contributed by atoms with E-state index in [-0.39, 0.29) is 17.6 Å². The smallest absolute Gasteiger partial charge is 0.248 e. The number of carbonyl (C=O) groups excluding carboxylic acids is 1. The normalized spacial score (nSPS) is 14.5. The van der Waals surface area contributed by atoms with E-state index < -0.39 is 6.61 Å². The fourth-order valence-corrected chi connectivity index (χ4v) is 4.39. The number of ether oxygens (including phenoxy) is 1. The highest BCUT2D eigenvalue weighted by molar-refractivity contribution is 5.77. The maximum absolute atomic E-state index is 13.1. The van der Waals surface area contributed by atoms with Crippen LogP contribution in [-0.2, 0) is 4.79 Å². The molecule has 3 heterocycles. The number of halogens is 1. The number of carbonyl (C=O) groups is 1. The van der Waals surface area contributed by atoms with E-state index in [1.54, 1.807) is 23.2 Å². The van der Waals surface area contributed by atoms with Crippen LogP contribution in [0.2, 0.25) is 0 Å². The fraction of sp³-hybridized carbons (Fsp3) is 0.240. The summed E-state index contributed by atoms with van der Waals surface area (Å²) in [5, 5.41) is 9.13. The standard InChI is InChI=1S/C25H24FN5O3/c26-18-3-7-20(8-4-18)34-19-5-1-17(2-6-19)24-29-23(21-9-12-28-25(27)31(21)24)16-10-13-30(14-11-16)22(33)15-32/h1-9,12,16,32H,10-11,13-15H2,(H2,27,28). The molecule has 0 aliphatic carbocycles. The van der Waals surface area contributed by atoms with Crippen molar-refractivity contribution >= 4 is 17.4 Å². The Hall–Kier alpha value is -3.98. The van der Waals surface area contributed by atoms with Crippen LogP contribution in [-0.4, -0.2) is 50.0 Å². The highest BCUT2D eigenvalue weighted by Crippen LogP contribution is 2.35. The average molecular weight is 461 g/mol. The molecule has 1 fully saturated rings. The van der Waals surface area contributed by atoms with Crippen molar-refractivity contribution in [1.82, 2.24) is 19.3 Å². The van der Waals surface area contributed by atoms with Gasteiger partial charge < -0.3 is 20.5 Å². The quantitative estimate of drug-likeness (QED) is 0.470. The van der Waals surface area contributed by atoms with Gasteiger partial charge in [0, 0.05) is 30.8 Å². The van der Waals surface area contributed by atoms with E-state index >= 15 is 0 Å². The highest BCUT2D eigenvalue weighted by Gasteiger charge is 2.28. The lowest BCUT2D eigenvalue weighted by atomic mass is 9.93. The Bertz CT molecular complexity index is 1310. The van der Waals surface area contributed by atoms with Crippen molar-refractivity contribution in [3.05, 3.63) is 72.3 Å². The molecular weight excluding hydrogens is 437 g/mol. The fourth-order valence-electron chi connectivity index (χ4n) is 4.39. The van der Waals surface area contributed by atoms with Crippen molar-refractivity contribution in [1.29, 1.82) is 0 Å². The highest BCUT2D eigenvalue weighted by atomic mass is 19.1. The lowest BCUT2D eigenvalue weighted by Gasteiger charge is -2.31. The minimum atomic E-state index is -0.467. The zero-order valence-corrected chi connectivity index (χ0v) is 18.4. The van der Waals surface area contributed by atoms with Crippen LogP contribution in [0.25, 0.3) is 16.9 Å². The van der Waals surface area contributed by atoms with Crippen molar-refractivity contribution in [2.75, 3.05) is 25.4 Å². The van der Waals surface area contributed by atoms with Crippen LogP contribution in [0, 0.1) is 5.82 Å². The number of aliphatic hydroxyl groups is 1. The Morgan fingerprint density at radius 3 is 2.35 bits per heavy atom. The molecule has 0 spiro atoms. The Morgan fingerprint density at radius 2 is 1.71 bits per heavy atom. The number of benzene rings is 2. The molecule has 0 radical (unpaired) electrons. The van der Waals surface area contributed by atoms with Gasteiger partial charge in [-0.15, -0.1) is 0 Å². The molecule has 0 atom stereocenters. The van der Waals surface area contributed by atoms with Gasteiger partial charge in [0.05, 0.1) is 11.2 Å². The van der Waals surface area contributed by atoms with Gasteiger partial charge in [-0.2, -0.15) is 0 Å². The number of amides is 1.